The van der Waals surface area contributed by atoms with Crippen LogP contribution in [0.5, 0.6) is 0 Å². The second-order valence-electron chi connectivity index (χ2n) is 31.2. The number of nitrogens with zero attached hydrogens (tertiary/aromatic N) is 9. The molecule has 7 fully saturated rings. The van der Waals surface area contributed by atoms with Crippen molar-refractivity contribution in [3.8, 4) is 0 Å². The number of piperidine rings is 1. The molecule has 3 aliphatic carbocycles. The van der Waals surface area contributed by atoms with E-state index in [4.69, 9.17) is 23.2 Å². The monoisotopic (exact) mass is 1470 g/mol. The maximum Gasteiger partial charge on any atom is 0.393 e. The number of amides is 12. The van der Waals surface area contributed by atoms with Crippen molar-refractivity contribution >= 4 is 94.1 Å². The Morgan fingerprint density at radius 2 is 1.23 bits per heavy atom. The van der Waals surface area contributed by atoms with Crippen LogP contribution in [0.2, 0.25) is 0 Å². The molecular formula is C72H115Cl2F3N12O12. The van der Waals surface area contributed by atoms with Gasteiger partial charge < -0.3 is 60.0 Å². The summed E-state index contributed by atoms with van der Waals surface area (Å²) in [5.41, 5.74) is -1.57. The molecule has 570 valence electrons. The van der Waals surface area contributed by atoms with E-state index in [1.54, 1.807) is 25.7 Å². The molecule has 24 nitrogen and oxygen atoms in total. The Morgan fingerprint density at radius 3 is 1.80 bits per heavy atom. The van der Waals surface area contributed by atoms with Gasteiger partial charge in [-0.1, -0.05) is 60.8 Å². The van der Waals surface area contributed by atoms with Crippen molar-refractivity contribution in [2.75, 3.05) is 75.0 Å². The van der Waals surface area contributed by atoms with Crippen molar-refractivity contribution in [1.29, 1.82) is 0 Å². The van der Waals surface area contributed by atoms with Gasteiger partial charge in [-0.2, -0.15) is 13.2 Å². The molecule has 3 N–H and O–H groups in total. The summed E-state index contributed by atoms with van der Waals surface area (Å²) in [7, 11) is 8.61. The number of alkyl halides is 5. The molecule has 101 heavy (non-hydrogen) atoms. The van der Waals surface area contributed by atoms with Gasteiger partial charge >= 0.3 is 6.18 Å². The van der Waals surface area contributed by atoms with Crippen molar-refractivity contribution in [1.82, 2.24) is 60.0 Å². The third kappa shape index (κ3) is 19.7. The minimum absolute atomic E-state index is 0.00734. The fourth-order valence-corrected chi connectivity index (χ4v) is 17.2. The van der Waals surface area contributed by atoms with E-state index < -0.39 is 173 Å². The van der Waals surface area contributed by atoms with E-state index in [-0.39, 0.29) is 107 Å². The van der Waals surface area contributed by atoms with Gasteiger partial charge in [0.1, 0.15) is 59.9 Å². The summed E-state index contributed by atoms with van der Waals surface area (Å²) in [6, 6.07) is -11.0. The number of hydrogen-bond acceptors (Lipinski definition) is 12. The molecule has 12 amide bonds. The maximum atomic E-state index is 15.5. The van der Waals surface area contributed by atoms with Gasteiger partial charge in [0.15, 0.2) is 0 Å². The summed E-state index contributed by atoms with van der Waals surface area (Å²) in [4.78, 5) is 192. The van der Waals surface area contributed by atoms with Crippen LogP contribution < -0.4 is 16.0 Å². The Morgan fingerprint density at radius 1 is 0.604 bits per heavy atom. The molecule has 3 saturated carbocycles. The lowest BCUT2D eigenvalue weighted by molar-refractivity contribution is -0.182. The highest BCUT2D eigenvalue weighted by atomic mass is 35.5. The van der Waals surface area contributed by atoms with Crippen LogP contribution in [0.3, 0.4) is 0 Å². The fraction of sp³-hybridized carbons (Fsp3) is 0.833. The number of rotatable bonds is 11. The number of carbonyl (C=O) groups excluding carboxylic acids is 12. The van der Waals surface area contributed by atoms with Gasteiger partial charge in [-0.05, 0) is 159 Å². The van der Waals surface area contributed by atoms with Gasteiger partial charge in [-0.3, -0.25) is 57.5 Å². The molecule has 4 saturated heterocycles. The van der Waals surface area contributed by atoms with Crippen molar-refractivity contribution in [2.45, 2.75) is 273 Å². The molecule has 0 bridgehead atoms. The zero-order valence-electron chi connectivity index (χ0n) is 61.9. The first-order valence-electron chi connectivity index (χ1n) is 37.2. The maximum absolute atomic E-state index is 15.5. The molecule has 4 heterocycles. The standard InChI is InChI=1S/C72H115Cl2F3N12O12/c1-14-44(6)59-68(99)82(9)45(7)63(94)89-36-30-53(89)66(97)84(11)55(39-47-22-26-48(73)27-23-47)65(96)81(8)41-57(90)78-51(29-25-46-24-28-49(50(74)38-46)72(75,76)77)64(95)88-35-20-21-52(88)62(93)80-71(31-16-17-32-71)70(101)86(13)60(43(4)5)69(100)85(12)56(67(98)87-33-18-15-19-34-87)40-58(91)83(10)54(37-42(2)3)61(92)79-59/h42-56,59-60H,14-41H2,1-13H3,(H,78,90)(H,79,92)(H,80,93)/t44-,45-,46?,47?,48?,49?,50?,51-,52-,53-,54-,55-,56-,59-,60-/m0/s1. The molecular weight excluding hydrogens is 1350 g/mol. The number of likely N-dealkylation sites (N-methyl/N-ethyl adjacent to an activating group) is 6. The quantitative estimate of drug-likeness (QED) is 0.192. The molecule has 7 rings (SSSR count). The van der Waals surface area contributed by atoms with E-state index in [0.717, 1.165) is 11.3 Å². The number of halogens is 5. The summed E-state index contributed by atoms with van der Waals surface area (Å²) in [6.45, 7) is 12.7. The van der Waals surface area contributed by atoms with Crippen LogP contribution in [0, 0.1) is 35.5 Å². The van der Waals surface area contributed by atoms with E-state index in [1.165, 1.54) is 83.5 Å². The molecule has 29 heteroatoms. The first-order valence-corrected chi connectivity index (χ1v) is 38.1. The molecule has 0 aromatic heterocycles. The topological polar surface area (TPSA) is 270 Å². The van der Waals surface area contributed by atoms with Gasteiger partial charge in [-0.15, -0.1) is 23.2 Å². The molecule has 1 spiro atoms. The van der Waals surface area contributed by atoms with Crippen LogP contribution in [0.25, 0.3) is 0 Å². The number of likely N-dealkylation sites (tertiary alicyclic amines) is 1. The lowest BCUT2D eigenvalue weighted by Crippen LogP contribution is -2.65. The Balaban J connectivity index is 1.28. The van der Waals surface area contributed by atoms with Crippen LogP contribution in [-0.4, -0.2) is 267 Å². The number of fused-ring (bicyclic) bond motifs is 2. The molecule has 4 aliphatic heterocycles. The zero-order chi connectivity index (χ0) is 74.9. The average Bonchev–Trinajstić information content (AvgIpc) is 1.39. The van der Waals surface area contributed by atoms with Gasteiger partial charge in [0.2, 0.25) is 70.9 Å². The second-order valence-corrected chi connectivity index (χ2v) is 32.3. The van der Waals surface area contributed by atoms with Crippen molar-refractivity contribution in [2.24, 2.45) is 35.5 Å². The smallest absolute Gasteiger partial charge is 0.343 e. The van der Waals surface area contributed by atoms with E-state index in [0.29, 0.717) is 77.3 Å². The molecule has 13 atom stereocenters. The highest BCUT2D eigenvalue weighted by Crippen LogP contribution is 2.44. The van der Waals surface area contributed by atoms with Gasteiger partial charge in [0.05, 0.1) is 18.9 Å². The van der Waals surface area contributed by atoms with Crippen LogP contribution in [0.1, 0.15) is 196 Å². The van der Waals surface area contributed by atoms with Gasteiger partial charge in [0.25, 0.3) is 0 Å². The van der Waals surface area contributed by atoms with Crippen LogP contribution >= 0.6 is 23.2 Å². The lowest BCUT2D eigenvalue weighted by atomic mass is 9.78. The highest BCUT2D eigenvalue weighted by molar-refractivity contribution is 6.21. The molecule has 3 unspecified atom stereocenters. The van der Waals surface area contributed by atoms with E-state index >= 15 is 28.8 Å². The summed E-state index contributed by atoms with van der Waals surface area (Å²) >= 11 is 12.9. The minimum Gasteiger partial charge on any atom is -0.343 e. The first kappa shape index (κ1) is 82.3. The van der Waals surface area contributed by atoms with E-state index in [1.807, 2.05) is 20.8 Å². The second kappa shape index (κ2) is 35.7. The summed E-state index contributed by atoms with van der Waals surface area (Å²) in [6.07, 6.45) is 2.58. The molecule has 0 aromatic carbocycles. The minimum atomic E-state index is -4.51. The van der Waals surface area contributed by atoms with Crippen molar-refractivity contribution in [3.05, 3.63) is 0 Å². The van der Waals surface area contributed by atoms with E-state index in [2.05, 4.69) is 16.0 Å². The first-order chi connectivity index (χ1) is 47.4. The van der Waals surface area contributed by atoms with Crippen LogP contribution in [-0.2, 0) is 57.5 Å². The van der Waals surface area contributed by atoms with Crippen LogP contribution in [0.4, 0.5) is 13.2 Å². The summed E-state index contributed by atoms with van der Waals surface area (Å²) < 4.78 is 42.1. The normalized spacial score (nSPS) is 32.1. The SMILES string of the molecule is CC[C@H](C)[C@@H]1NC(=O)[C@H](CC(C)C)N(C)C(=O)C[C@@H](C(=O)N2CCCCC2)N(C)C(=O)[C@H](C(C)C)N(C)C(=O)C2(CCCC2)NC(=O)[C@@H]2CCCN2C(=O)[C@H](CCC2CCC(C(F)(F)F)C(Cl)C2)NC(=O)CN(C)C(=O)[C@H](CC2CCC(Cl)CC2)N(C)C(=O)[C@@H]2CCN2C(=O)[C@H](C)N(C)C1=O. The fourth-order valence-electron chi connectivity index (χ4n) is 16.4. The zero-order valence-corrected chi connectivity index (χ0v) is 63.4. The Kier molecular flexibility index (Phi) is 29.1. The number of carbonyl (C=O) groups is 12. The van der Waals surface area contributed by atoms with Crippen molar-refractivity contribution < 1.29 is 70.7 Å². The van der Waals surface area contributed by atoms with Crippen LogP contribution in [0.15, 0.2) is 0 Å². The Bertz CT molecular complexity index is 2980. The third-order valence-electron chi connectivity index (χ3n) is 23.3. The largest absolute Gasteiger partial charge is 0.393 e. The van der Waals surface area contributed by atoms with Gasteiger partial charge in [0, 0.05) is 79.2 Å². The lowest BCUT2D eigenvalue weighted by Gasteiger charge is -2.45. The molecule has 0 aromatic rings. The highest BCUT2D eigenvalue weighted by Gasteiger charge is 2.52. The molecule has 7 aliphatic rings. The summed E-state index contributed by atoms with van der Waals surface area (Å²) in [5.74, 6) is -11.0. The predicted molar refractivity (Wildman–Crippen MR) is 375 cm³/mol. The van der Waals surface area contributed by atoms with Crippen molar-refractivity contribution in [3.63, 3.8) is 0 Å². The Hall–Kier alpha value is -5.99. The van der Waals surface area contributed by atoms with E-state index in [9.17, 15) is 41.9 Å². The van der Waals surface area contributed by atoms with Gasteiger partial charge in [-0.25, -0.2) is 0 Å². The Labute approximate surface area is 605 Å². The average molecular weight is 1470 g/mol. The predicted octanol–water partition coefficient (Wildman–Crippen LogP) is 6.31. The third-order valence-corrected chi connectivity index (χ3v) is 24.2. The molecule has 0 radical (unpaired) electrons. The summed E-state index contributed by atoms with van der Waals surface area (Å²) in [5, 5.41) is 7.51. The number of hydrogen-bond donors (Lipinski definition) is 3. The number of nitrogens with one attached hydrogen (secondary N) is 3.